The molecule has 3 aromatic heterocycles. The van der Waals surface area contributed by atoms with Gasteiger partial charge in [0.2, 0.25) is 0 Å². The molecule has 5 heterocycles. The zero-order chi connectivity index (χ0) is 34.6. The highest BCUT2D eigenvalue weighted by Gasteiger charge is 2.18. The fraction of sp³-hybridized carbons (Fsp3) is 0.0435. The Morgan fingerprint density at radius 3 is 0.765 bits per heavy atom. The summed E-state index contributed by atoms with van der Waals surface area (Å²) < 4.78 is 0. The minimum atomic E-state index is 0.906. The summed E-state index contributed by atoms with van der Waals surface area (Å²) in [6.45, 7) is 0. The lowest BCUT2D eigenvalue weighted by molar-refractivity contribution is 1.02. The SMILES string of the molecule is C1=Cc2nc1c(-c1ccccc1)c1ccc([nH]1)c(-c1ccccc1)c1nc(c(-c3ccccc3)c3ccc([nH]3)c2-c2ccccc2)C=C1.CNC. The number of fused-ring (bicyclic) bond motifs is 8. The summed E-state index contributed by atoms with van der Waals surface area (Å²) >= 11 is 0. The van der Waals surface area contributed by atoms with Crippen molar-refractivity contribution in [3.8, 4) is 44.5 Å². The van der Waals surface area contributed by atoms with Gasteiger partial charge in [-0.25, -0.2) is 9.97 Å². The standard InChI is InChI=1S/C44H30N4.C2H7N/c1-5-13-29(14-6-1)41-33-21-23-35(45-33)42(30-15-7-2-8-16-30)37-25-27-39(47-37)44(32-19-11-4-12-20-32)40-28-26-38(48-40)43(31-17-9-3-10-18-31)36-24-22-34(41)46-36;1-3-2/h1-28,45,48H;3H,1-2H3. The van der Waals surface area contributed by atoms with Crippen molar-refractivity contribution >= 4 is 46.4 Å². The van der Waals surface area contributed by atoms with Crippen LogP contribution in [0.25, 0.3) is 90.9 Å². The smallest absolute Gasteiger partial charge is 0.0737 e. The van der Waals surface area contributed by atoms with Gasteiger partial charge in [0.15, 0.2) is 0 Å². The summed E-state index contributed by atoms with van der Waals surface area (Å²) in [5, 5.41) is 2.75. The first kappa shape index (κ1) is 31.7. The molecule has 0 saturated heterocycles. The normalized spacial score (nSPS) is 11.6. The van der Waals surface area contributed by atoms with Crippen molar-refractivity contribution in [1.29, 1.82) is 0 Å². The first-order valence-electron chi connectivity index (χ1n) is 17.2. The molecular formula is C46H37N5. The molecular weight excluding hydrogens is 623 g/mol. The molecule has 5 nitrogen and oxygen atoms in total. The van der Waals surface area contributed by atoms with Crippen molar-refractivity contribution in [2.75, 3.05) is 14.1 Å². The number of aromatic nitrogens is 4. The van der Waals surface area contributed by atoms with Gasteiger partial charge in [0.05, 0.1) is 22.8 Å². The highest BCUT2D eigenvalue weighted by atomic mass is 14.8. The molecule has 9 rings (SSSR count). The van der Waals surface area contributed by atoms with Crippen molar-refractivity contribution in [3.63, 3.8) is 0 Å². The zero-order valence-corrected chi connectivity index (χ0v) is 28.6. The Morgan fingerprint density at radius 2 is 0.549 bits per heavy atom. The number of H-pyrrole nitrogens is 2. The molecule has 2 aliphatic heterocycles. The maximum absolute atomic E-state index is 5.35. The van der Waals surface area contributed by atoms with Crippen LogP contribution in [0.2, 0.25) is 0 Å². The average Bonchev–Trinajstić information content (AvgIpc) is 4.02. The van der Waals surface area contributed by atoms with Gasteiger partial charge in [0.25, 0.3) is 0 Å². The molecule has 4 aromatic carbocycles. The molecule has 0 saturated carbocycles. The molecule has 246 valence electrons. The summed E-state index contributed by atoms with van der Waals surface area (Å²) in [6, 6.07) is 50.7. The van der Waals surface area contributed by atoms with Gasteiger partial charge in [-0.3, -0.25) is 0 Å². The van der Waals surface area contributed by atoms with E-state index >= 15 is 0 Å². The van der Waals surface area contributed by atoms with Crippen LogP contribution in [0.1, 0.15) is 22.8 Å². The Kier molecular flexibility index (Phi) is 8.77. The van der Waals surface area contributed by atoms with E-state index in [1.807, 2.05) is 38.4 Å². The van der Waals surface area contributed by atoms with Gasteiger partial charge >= 0.3 is 0 Å². The summed E-state index contributed by atoms with van der Waals surface area (Å²) in [7, 11) is 3.75. The Bertz CT molecular complexity index is 2200. The maximum atomic E-state index is 5.35. The lowest BCUT2D eigenvalue weighted by Crippen LogP contribution is -1.89. The molecule has 7 aromatic rings. The molecule has 0 spiro atoms. The Hall–Kier alpha value is -6.56. The molecule has 0 fully saturated rings. The van der Waals surface area contributed by atoms with Crippen molar-refractivity contribution in [1.82, 2.24) is 25.3 Å². The molecule has 51 heavy (non-hydrogen) atoms. The second-order valence-corrected chi connectivity index (χ2v) is 12.5. The van der Waals surface area contributed by atoms with Gasteiger partial charge < -0.3 is 15.3 Å². The minimum Gasteiger partial charge on any atom is -0.354 e. The quantitative estimate of drug-likeness (QED) is 0.176. The van der Waals surface area contributed by atoms with Crippen LogP contribution in [0, 0.1) is 0 Å². The summed E-state index contributed by atoms with van der Waals surface area (Å²) in [6.07, 6.45) is 8.54. The summed E-state index contributed by atoms with van der Waals surface area (Å²) in [5.41, 5.74) is 16.2. The van der Waals surface area contributed by atoms with Gasteiger partial charge in [-0.05, 0) is 84.9 Å². The van der Waals surface area contributed by atoms with Crippen molar-refractivity contribution in [2.24, 2.45) is 0 Å². The molecule has 3 N–H and O–H groups in total. The Balaban J connectivity index is 0.00000121. The van der Waals surface area contributed by atoms with Crippen LogP contribution >= 0.6 is 0 Å². The van der Waals surface area contributed by atoms with Crippen LogP contribution in [-0.2, 0) is 0 Å². The molecule has 2 aliphatic rings. The lowest BCUT2D eigenvalue weighted by atomic mass is 10.0. The second-order valence-electron chi connectivity index (χ2n) is 12.5. The topological polar surface area (TPSA) is 69.4 Å². The van der Waals surface area contributed by atoms with E-state index in [4.69, 9.17) is 9.97 Å². The van der Waals surface area contributed by atoms with E-state index in [2.05, 4.69) is 161 Å². The van der Waals surface area contributed by atoms with E-state index in [0.29, 0.717) is 0 Å². The first-order chi connectivity index (χ1) is 25.2. The van der Waals surface area contributed by atoms with E-state index in [1.54, 1.807) is 0 Å². The first-order valence-corrected chi connectivity index (χ1v) is 17.2. The third-order valence-corrected chi connectivity index (χ3v) is 9.00. The van der Waals surface area contributed by atoms with Crippen LogP contribution in [-0.4, -0.2) is 34.0 Å². The number of hydrogen-bond acceptors (Lipinski definition) is 3. The second kappa shape index (κ2) is 14.1. The van der Waals surface area contributed by atoms with Gasteiger partial charge in [-0.15, -0.1) is 0 Å². The number of rotatable bonds is 4. The third kappa shape index (κ3) is 6.23. The fourth-order valence-corrected chi connectivity index (χ4v) is 6.84. The fourth-order valence-electron chi connectivity index (χ4n) is 6.84. The number of nitrogens with zero attached hydrogens (tertiary/aromatic N) is 2. The maximum Gasteiger partial charge on any atom is 0.0737 e. The van der Waals surface area contributed by atoms with Crippen LogP contribution in [0.4, 0.5) is 0 Å². The molecule has 0 aliphatic carbocycles. The van der Waals surface area contributed by atoms with Gasteiger partial charge in [-0.1, -0.05) is 121 Å². The van der Waals surface area contributed by atoms with Crippen LogP contribution < -0.4 is 5.32 Å². The number of nitrogens with one attached hydrogen (secondary N) is 3. The van der Waals surface area contributed by atoms with E-state index < -0.39 is 0 Å². The molecule has 0 radical (unpaired) electrons. The monoisotopic (exact) mass is 659 g/mol. The zero-order valence-electron chi connectivity index (χ0n) is 28.6. The number of benzene rings is 4. The van der Waals surface area contributed by atoms with Gasteiger partial charge in [0.1, 0.15) is 0 Å². The van der Waals surface area contributed by atoms with Crippen molar-refractivity contribution < 1.29 is 0 Å². The third-order valence-electron chi connectivity index (χ3n) is 9.00. The minimum absolute atomic E-state index is 0.906. The highest BCUT2D eigenvalue weighted by Crippen LogP contribution is 2.38. The number of hydrogen-bond donors (Lipinski definition) is 3. The van der Waals surface area contributed by atoms with Gasteiger partial charge in [-0.2, -0.15) is 0 Å². The molecule has 8 bridgehead atoms. The largest absolute Gasteiger partial charge is 0.354 e. The van der Waals surface area contributed by atoms with Crippen LogP contribution in [0.15, 0.2) is 146 Å². The van der Waals surface area contributed by atoms with E-state index in [-0.39, 0.29) is 0 Å². The predicted octanol–water partition coefficient (Wildman–Crippen LogP) is 11.2. The predicted molar refractivity (Wildman–Crippen MR) is 216 cm³/mol. The average molecular weight is 660 g/mol. The number of aromatic amines is 2. The van der Waals surface area contributed by atoms with Crippen molar-refractivity contribution in [3.05, 3.63) is 168 Å². The van der Waals surface area contributed by atoms with E-state index in [9.17, 15) is 0 Å². The molecule has 0 atom stereocenters. The molecule has 5 heteroatoms. The Labute approximate surface area is 297 Å². The van der Waals surface area contributed by atoms with Crippen molar-refractivity contribution in [2.45, 2.75) is 0 Å². The summed E-state index contributed by atoms with van der Waals surface area (Å²) in [4.78, 5) is 18.3. The van der Waals surface area contributed by atoms with E-state index in [0.717, 1.165) is 89.4 Å². The Morgan fingerprint density at radius 1 is 0.333 bits per heavy atom. The highest BCUT2D eigenvalue weighted by molar-refractivity contribution is 5.99. The molecule has 0 amide bonds. The van der Waals surface area contributed by atoms with E-state index in [1.165, 1.54) is 0 Å². The van der Waals surface area contributed by atoms with Gasteiger partial charge in [0, 0.05) is 44.3 Å². The lowest BCUT2D eigenvalue weighted by Gasteiger charge is -2.07. The van der Waals surface area contributed by atoms with Crippen LogP contribution in [0.5, 0.6) is 0 Å². The summed E-state index contributed by atoms with van der Waals surface area (Å²) in [5.74, 6) is 0. The van der Waals surface area contributed by atoms with Crippen LogP contribution in [0.3, 0.4) is 0 Å². The molecule has 0 unspecified atom stereocenters.